The van der Waals surface area contributed by atoms with Gasteiger partial charge < -0.3 is 9.88 Å². The van der Waals surface area contributed by atoms with Crippen molar-refractivity contribution in [2.75, 3.05) is 5.32 Å². The van der Waals surface area contributed by atoms with Gasteiger partial charge in [-0.05, 0) is 24.6 Å². The van der Waals surface area contributed by atoms with Crippen molar-refractivity contribution in [1.29, 1.82) is 0 Å². The van der Waals surface area contributed by atoms with Gasteiger partial charge in [0.15, 0.2) is 0 Å². The highest BCUT2D eigenvalue weighted by atomic mass is 35.5. The van der Waals surface area contributed by atoms with Crippen LogP contribution < -0.4 is 5.32 Å². The Kier molecular flexibility index (Phi) is 3.94. The molecule has 2 rings (SSSR count). The minimum atomic E-state index is 0.616. The lowest BCUT2D eigenvalue weighted by Gasteiger charge is -2.11. The number of allylic oxidation sites excluding steroid dienone is 1. The first kappa shape index (κ1) is 13.0. The first-order valence-electron chi connectivity index (χ1n) is 5.46. The second-order valence-electron chi connectivity index (χ2n) is 3.90. The SMILES string of the molecule is C=CCn1ccnc1Nc1cc(Cl)c(C)cc1Cl. The molecule has 0 spiro atoms. The average molecular weight is 282 g/mol. The molecule has 18 heavy (non-hydrogen) atoms. The van der Waals surface area contributed by atoms with Gasteiger partial charge in [0.1, 0.15) is 0 Å². The summed E-state index contributed by atoms with van der Waals surface area (Å²) in [7, 11) is 0. The second kappa shape index (κ2) is 5.46. The molecule has 0 unspecified atom stereocenters. The largest absolute Gasteiger partial charge is 0.324 e. The number of anilines is 2. The van der Waals surface area contributed by atoms with Gasteiger partial charge in [-0.15, -0.1) is 6.58 Å². The molecule has 0 bridgehead atoms. The number of hydrogen-bond donors (Lipinski definition) is 1. The van der Waals surface area contributed by atoms with Crippen LogP contribution >= 0.6 is 23.2 Å². The van der Waals surface area contributed by atoms with Crippen molar-refractivity contribution in [3.8, 4) is 0 Å². The molecule has 0 atom stereocenters. The van der Waals surface area contributed by atoms with Crippen LogP contribution in [0.2, 0.25) is 10.0 Å². The predicted octanol–water partition coefficient (Wildman–Crippen LogP) is 4.43. The van der Waals surface area contributed by atoms with Crippen molar-refractivity contribution in [2.24, 2.45) is 0 Å². The van der Waals surface area contributed by atoms with Gasteiger partial charge in [-0.2, -0.15) is 0 Å². The highest BCUT2D eigenvalue weighted by Gasteiger charge is 2.07. The molecule has 1 aromatic carbocycles. The molecule has 0 aliphatic heterocycles. The van der Waals surface area contributed by atoms with Crippen LogP contribution in [0.4, 0.5) is 11.6 Å². The van der Waals surface area contributed by atoms with E-state index in [0.29, 0.717) is 22.5 Å². The van der Waals surface area contributed by atoms with Gasteiger partial charge in [-0.25, -0.2) is 4.98 Å². The second-order valence-corrected chi connectivity index (χ2v) is 4.71. The van der Waals surface area contributed by atoms with E-state index in [-0.39, 0.29) is 0 Å². The third-order valence-electron chi connectivity index (χ3n) is 2.54. The molecule has 1 heterocycles. The van der Waals surface area contributed by atoms with Crippen LogP contribution in [0, 0.1) is 6.92 Å². The molecule has 1 aromatic heterocycles. The number of imidazole rings is 1. The van der Waals surface area contributed by atoms with Crippen LogP contribution in [0.1, 0.15) is 5.56 Å². The zero-order valence-electron chi connectivity index (χ0n) is 9.95. The quantitative estimate of drug-likeness (QED) is 0.841. The third-order valence-corrected chi connectivity index (χ3v) is 3.26. The molecule has 0 radical (unpaired) electrons. The number of rotatable bonds is 4. The van der Waals surface area contributed by atoms with Crippen molar-refractivity contribution in [2.45, 2.75) is 13.5 Å². The molecule has 3 nitrogen and oxygen atoms in total. The van der Waals surface area contributed by atoms with Crippen LogP contribution in [0.25, 0.3) is 0 Å². The van der Waals surface area contributed by atoms with Gasteiger partial charge in [0.2, 0.25) is 5.95 Å². The fraction of sp³-hybridized carbons (Fsp3) is 0.154. The summed E-state index contributed by atoms with van der Waals surface area (Å²) in [6, 6.07) is 3.62. The van der Waals surface area contributed by atoms with E-state index >= 15 is 0 Å². The van der Waals surface area contributed by atoms with Crippen molar-refractivity contribution in [3.05, 3.63) is 52.8 Å². The highest BCUT2D eigenvalue weighted by Crippen LogP contribution is 2.30. The maximum atomic E-state index is 6.17. The van der Waals surface area contributed by atoms with Crippen LogP contribution in [0.5, 0.6) is 0 Å². The number of benzene rings is 1. The molecular weight excluding hydrogens is 269 g/mol. The summed E-state index contributed by atoms with van der Waals surface area (Å²) in [5.41, 5.74) is 1.69. The maximum absolute atomic E-state index is 6.17. The normalized spacial score (nSPS) is 10.4. The molecule has 0 amide bonds. The summed E-state index contributed by atoms with van der Waals surface area (Å²) >= 11 is 12.3. The van der Waals surface area contributed by atoms with E-state index in [1.165, 1.54) is 0 Å². The Bertz CT molecular complexity index is 576. The topological polar surface area (TPSA) is 29.9 Å². The molecule has 2 aromatic rings. The summed E-state index contributed by atoms with van der Waals surface area (Å²) in [6.07, 6.45) is 5.39. The molecule has 0 fully saturated rings. The Labute approximate surface area is 116 Å². The minimum absolute atomic E-state index is 0.616. The van der Waals surface area contributed by atoms with Crippen LogP contribution in [-0.2, 0) is 6.54 Å². The van der Waals surface area contributed by atoms with E-state index < -0.39 is 0 Å². The van der Waals surface area contributed by atoms with Gasteiger partial charge in [-0.3, -0.25) is 0 Å². The van der Waals surface area contributed by atoms with Crippen molar-refractivity contribution in [1.82, 2.24) is 9.55 Å². The first-order valence-corrected chi connectivity index (χ1v) is 6.22. The first-order chi connectivity index (χ1) is 8.61. The molecule has 0 aliphatic carbocycles. The van der Waals surface area contributed by atoms with Crippen molar-refractivity contribution in [3.63, 3.8) is 0 Å². The predicted molar refractivity (Wildman–Crippen MR) is 76.9 cm³/mol. The van der Waals surface area contributed by atoms with E-state index in [1.807, 2.05) is 23.8 Å². The highest BCUT2D eigenvalue weighted by molar-refractivity contribution is 6.35. The van der Waals surface area contributed by atoms with Crippen LogP contribution in [0.15, 0.2) is 37.2 Å². The molecule has 1 N–H and O–H groups in total. The number of aromatic nitrogens is 2. The zero-order chi connectivity index (χ0) is 13.1. The van der Waals surface area contributed by atoms with Gasteiger partial charge in [0.05, 0.1) is 10.7 Å². The molecule has 0 saturated carbocycles. The summed E-state index contributed by atoms with van der Waals surface area (Å²) in [4.78, 5) is 4.23. The van der Waals surface area contributed by atoms with Gasteiger partial charge in [0.25, 0.3) is 0 Å². The molecule has 0 saturated heterocycles. The lowest BCUT2D eigenvalue weighted by atomic mass is 10.2. The zero-order valence-corrected chi connectivity index (χ0v) is 11.5. The van der Waals surface area contributed by atoms with Crippen molar-refractivity contribution >= 4 is 34.8 Å². The van der Waals surface area contributed by atoms with Gasteiger partial charge in [0, 0.05) is 24.0 Å². The number of nitrogens with one attached hydrogen (secondary N) is 1. The average Bonchev–Trinajstić information content (AvgIpc) is 2.74. The lowest BCUT2D eigenvalue weighted by Crippen LogP contribution is -2.02. The maximum Gasteiger partial charge on any atom is 0.207 e. The Morgan fingerprint density at radius 3 is 2.89 bits per heavy atom. The van der Waals surface area contributed by atoms with E-state index in [0.717, 1.165) is 11.3 Å². The fourth-order valence-corrected chi connectivity index (χ4v) is 2.01. The smallest absolute Gasteiger partial charge is 0.207 e. The van der Waals surface area contributed by atoms with E-state index in [1.54, 1.807) is 18.3 Å². The Morgan fingerprint density at radius 2 is 2.17 bits per heavy atom. The third kappa shape index (κ3) is 2.68. The number of nitrogens with zero attached hydrogens (tertiary/aromatic N) is 2. The fourth-order valence-electron chi connectivity index (χ4n) is 1.58. The molecule has 0 aliphatic rings. The molecular formula is C13H13Cl2N3. The summed E-state index contributed by atoms with van der Waals surface area (Å²) in [6.45, 7) is 6.30. The molecule has 94 valence electrons. The number of halogens is 2. The Morgan fingerprint density at radius 1 is 1.39 bits per heavy atom. The van der Waals surface area contributed by atoms with E-state index in [9.17, 15) is 0 Å². The van der Waals surface area contributed by atoms with Crippen LogP contribution in [0.3, 0.4) is 0 Å². The van der Waals surface area contributed by atoms with E-state index in [2.05, 4.69) is 16.9 Å². The number of hydrogen-bond acceptors (Lipinski definition) is 2. The van der Waals surface area contributed by atoms with Crippen molar-refractivity contribution < 1.29 is 0 Å². The van der Waals surface area contributed by atoms with Gasteiger partial charge >= 0.3 is 0 Å². The standard InChI is InChI=1S/C13H13Cl2N3/c1-3-5-18-6-4-16-13(18)17-12-8-10(14)9(2)7-11(12)15/h3-4,6-8H,1,5H2,2H3,(H,16,17). The lowest BCUT2D eigenvalue weighted by molar-refractivity contribution is 0.833. The monoisotopic (exact) mass is 281 g/mol. The van der Waals surface area contributed by atoms with Crippen LogP contribution in [-0.4, -0.2) is 9.55 Å². The number of aryl methyl sites for hydroxylation is 1. The molecule has 5 heteroatoms. The summed E-state index contributed by atoms with van der Waals surface area (Å²) in [5.74, 6) is 0.705. The Balaban J connectivity index is 2.31. The van der Waals surface area contributed by atoms with Gasteiger partial charge in [-0.1, -0.05) is 29.3 Å². The summed E-state index contributed by atoms with van der Waals surface area (Å²) < 4.78 is 1.93. The Hall–Kier alpha value is -1.45. The summed E-state index contributed by atoms with van der Waals surface area (Å²) in [5, 5.41) is 4.45. The minimum Gasteiger partial charge on any atom is -0.324 e. The van der Waals surface area contributed by atoms with E-state index in [4.69, 9.17) is 23.2 Å².